The number of nitrogens with zero attached hydrogens (tertiary/aromatic N) is 1. The third-order valence-corrected chi connectivity index (χ3v) is 4.77. The van der Waals surface area contributed by atoms with E-state index in [1.54, 1.807) is 12.1 Å². The molecule has 0 bridgehead atoms. The number of unbranched alkanes of at least 4 members (excludes halogenated alkanes) is 2. The molecule has 1 aromatic heterocycles. The molecule has 1 amide bonds. The van der Waals surface area contributed by atoms with Crippen molar-refractivity contribution in [3.05, 3.63) is 41.5 Å². The average molecular weight is 412 g/mol. The van der Waals surface area contributed by atoms with E-state index in [9.17, 15) is 9.90 Å². The number of carbonyl (C=O) groups is 1. The molecule has 7 heteroatoms. The van der Waals surface area contributed by atoms with Gasteiger partial charge in [-0.2, -0.15) is 0 Å². The Hall–Kier alpha value is -2.93. The Bertz CT molecular complexity index is 1060. The van der Waals surface area contributed by atoms with Gasteiger partial charge in [0.15, 0.2) is 10.7 Å². The highest BCUT2D eigenvalue weighted by atomic mass is 32.1. The number of hydrogen-bond acceptors (Lipinski definition) is 5. The number of amides is 1. The lowest BCUT2D eigenvalue weighted by atomic mass is 10.1. The molecule has 0 fully saturated rings. The van der Waals surface area contributed by atoms with Crippen molar-refractivity contribution in [2.45, 2.75) is 46.5 Å². The van der Waals surface area contributed by atoms with Gasteiger partial charge in [-0.1, -0.05) is 25.8 Å². The van der Waals surface area contributed by atoms with Crippen LogP contribution in [0.2, 0.25) is 0 Å². The van der Waals surface area contributed by atoms with Gasteiger partial charge in [0, 0.05) is 12.1 Å². The van der Waals surface area contributed by atoms with Crippen molar-refractivity contribution in [1.29, 1.82) is 0 Å². The molecule has 0 unspecified atom stereocenters. The predicted octanol–water partition coefficient (Wildman–Crippen LogP) is 5.21. The van der Waals surface area contributed by atoms with E-state index in [2.05, 4.69) is 22.5 Å². The number of phenols is 1. The zero-order valence-corrected chi connectivity index (χ0v) is 17.7. The van der Waals surface area contributed by atoms with Crippen molar-refractivity contribution in [2.24, 2.45) is 0 Å². The fraction of sp³-hybridized carbons (Fsp3) is 0.318. The van der Waals surface area contributed by atoms with Crippen molar-refractivity contribution in [3.63, 3.8) is 0 Å². The van der Waals surface area contributed by atoms with Crippen LogP contribution in [-0.4, -0.2) is 21.1 Å². The molecule has 0 aliphatic carbocycles. The molecule has 0 radical (unpaired) electrons. The van der Waals surface area contributed by atoms with Crippen LogP contribution in [0.4, 0.5) is 5.69 Å². The van der Waals surface area contributed by atoms with E-state index in [4.69, 9.17) is 16.6 Å². The minimum atomic E-state index is -0.111. The molecule has 3 rings (SSSR count). The van der Waals surface area contributed by atoms with Crippen molar-refractivity contribution in [1.82, 2.24) is 10.3 Å². The maximum absolute atomic E-state index is 11.9. The van der Waals surface area contributed by atoms with E-state index in [0.29, 0.717) is 29.1 Å². The first-order valence-corrected chi connectivity index (χ1v) is 10.1. The third kappa shape index (κ3) is 5.12. The Labute approximate surface area is 175 Å². The van der Waals surface area contributed by atoms with Gasteiger partial charge in [0.05, 0.1) is 5.56 Å². The largest absolute Gasteiger partial charge is 0.507 e. The maximum Gasteiger partial charge on any atom is 0.231 e. The maximum atomic E-state index is 11.9. The number of aryl methyl sites for hydroxylation is 2. The van der Waals surface area contributed by atoms with Gasteiger partial charge in [-0.25, -0.2) is 4.98 Å². The molecule has 0 aliphatic heterocycles. The van der Waals surface area contributed by atoms with Crippen LogP contribution >= 0.6 is 12.2 Å². The van der Waals surface area contributed by atoms with Crippen LogP contribution in [0.25, 0.3) is 22.6 Å². The quantitative estimate of drug-likeness (QED) is 0.293. The summed E-state index contributed by atoms with van der Waals surface area (Å²) in [5.41, 5.74) is 4.57. The van der Waals surface area contributed by atoms with E-state index in [1.165, 1.54) is 6.07 Å². The lowest BCUT2D eigenvalue weighted by Crippen LogP contribution is -2.33. The summed E-state index contributed by atoms with van der Waals surface area (Å²) < 4.78 is 5.90. The molecule has 0 aliphatic rings. The van der Waals surface area contributed by atoms with Gasteiger partial charge < -0.3 is 20.2 Å². The van der Waals surface area contributed by atoms with Gasteiger partial charge in [-0.3, -0.25) is 4.79 Å². The lowest BCUT2D eigenvalue weighted by molar-refractivity contribution is -0.119. The Morgan fingerprint density at radius 3 is 2.76 bits per heavy atom. The highest BCUT2D eigenvalue weighted by Gasteiger charge is 2.15. The molecule has 6 nitrogen and oxygen atoms in total. The van der Waals surface area contributed by atoms with Crippen LogP contribution in [0.1, 0.15) is 43.7 Å². The van der Waals surface area contributed by atoms with Crippen LogP contribution < -0.4 is 10.6 Å². The molecule has 0 atom stereocenters. The number of hydrogen-bond donors (Lipinski definition) is 3. The van der Waals surface area contributed by atoms with Gasteiger partial charge in [-0.15, -0.1) is 0 Å². The number of anilines is 1. The number of phenolic OH excluding ortho intramolecular Hbond substituents is 1. The standard InChI is InChI=1S/C22H25N3O3S/c1-4-5-6-7-19(27)25-22(29)23-15-8-9-18(26)16(12-15)21-24-17-11-13(2)10-14(3)20(17)28-21/h8-12,26H,4-7H2,1-3H3,(H2,23,25,27,29). The van der Waals surface area contributed by atoms with E-state index in [0.717, 1.165) is 35.9 Å². The van der Waals surface area contributed by atoms with Crippen LogP contribution in [0.5, 0.6) is 5.75 Å². The lowest BCUT2D eigenvalue weighted by Gasteiger charge is -2.11. The summed E-state index contributed by atoms with van der Waals surface area (Å²) in [6.07, 6.45) is 3.35. The van der Waals surface area contributed by atoms with Crippen molar-refractivity contribution < 1.29 is 14.3 Å². The Morgan fingerprint density at radius 2 is 2.00 bits per heavy atom. The van der Waals surface area contributed by atoms with E-state index < -0.39 is 0 Å². The summed E-state index contributed by atoms with van der Waals surface area (Å²) in [5, 5.41) is 16.2. The molecule has 3 aromatic rings. The number of thiocarbonyl (C=S) groups is 1. The fourth-order valence-corrected chi connectivity index (χ4v) is 3.40. The SMILES string of the molecule is CCCCCC(=O)NC(=S)Nc1ccc(O)c(-c2nc3cc(C)cc(C)c3o2)c1. The van der Waals surface area contributed by atoms with E-state index >= 15 is 0 Å². The molecule has 2 aromatic carbocycles. The summed E-state index contributed by atoms with van der Waals surface area (Å²) in [4.78, 5) is 16.4. The molecule has 29 heavy (non-hydrogen) atoms. The smallest absolute Gasteiger partial charge is 0.231 e. The molecular weight excluding hydrogens is 386 g/mol. The second kappa shape index (κ2) is 9.05. The van der Waals surface area contributed by atoms with Crippen molar-refractivity contribution >= 4 is 40.0 Å². The van der Waals surface area contributed by atoms with E-state index in [-0.39, 0.29) is 16.8 Å². The van der Waals surface area contributed by atoms with Gasteiger partial charge >= 0.3 is 0 Å². The van der Waals surface area contributed by atoms with Crippen molar-refractivity contribution in [3.8, 4) is 17.2 Å². The number of oxazole rings is 1. The minimum absolute atomic E-state index is 0.0472. The number of aromatic hydroxyl groups is 1. The molecule has 3 N–H and O–H groups in total. The number of aromatic nitrogens is 1. The average Bonchev–Trinajstić information content (AvgIpc) is 3.07. The Morgan fingerprint density at radius 1 is 1.21 bits per heavy atom. The van der Waals surface area contributed by atoms with Crippen molar-refractivity contribution in [2.75, 3.05) is 5.32 Å². The number of fused-ring (bicyclic) bond motifs is 1. The van der Waals surface area contributed by atoms with Crippen LogP contribution in [0, 0.1) is 13.8 Å². The monoisotopic (exact) mass is 411 g/mol. The minimum Gasteiger partial charge on any atom is -0.507 e. The predicted molar refractivity (Wildman–Crippen MR) is 119 cm³/mol. The highest BCUT2D eigenvalue weighted by molar-refractivity contribution is 7.80. The number of benzene rings is 2. The summed E-state index contributed by atoms with van der Waals surface area (Å²) in [5.74, 6) is 0.259. The Kier molecular flexibility index (Phi) is 6.49. The summed E-state index contributed by atoms with van der Waals surface area (Å²) in [6, 6.07) is 8.87. The summed E-state index contributed by atoms with van der Waals surface area (Å²) in [6.45, 7) is 6.05. The summed E-state index contributed by atoms with van der Waals surface area (Å²) >= 11 is 5.22. The first-order valence-electron chi connectivity index (χ1n) is 9.69. The zero-order chi connectivity index (χ0) is 21.0. The van der Waals surface area contributed by atoms with Gasteiger partial charge in [-0.05, 0) is 67.9 Å². The Balaban J connectivity index is 1.77. The molecule has 0 saturated carbocycles. The first-order chi connectivity index (χ1) is 13.9. The normalized spacial score (nSPS) is 10.9. The summed E-state index contributed by atoms with van der Waals surface area (Å²) in [7, 11) is 0. The molecule has 152 valence electrons. The number of nitrogens with one attached hydrogen (secondary N) is 2. The first kappa shape index (κ1) is 20.8. The molecule has 1 heterocycles. The topological polar surface area (TPSA) is 87.4 Å². The van der Waals surface area contributed by atoms with Crippen LogP contribution in [0.15, 0.2) is 34.7 Å². The van der Waals surface area contributed by atoms with Gasteiger partial charge in [0.2, 0.25) is 11.8 Å². The highest BCUT2D eigenvalue weighted by Crippen LogP contribution is 2.34. The second-order valence-corrected chi connectivity index (χ2v) is 7.55. The van der Waals surface area contributed by atoms with E-state index in [1.807, 2.05) is 26.0 Å². The van der Waals surface area contributed by atoms with Gasteiger partial charge in [0.25, 0.3) is 0 Å². The van der Waals surface area contributed by atoms with Gasteiger partial charge in [0.1, 0.15) is 11.3 Å². The third-order valence-electron chi connectivity index (χ3n) is 4.57. The molecular formula is C22H25N3O3S. The zero-order valence-electron chi connectivity index (χ0n) is 16.8. The number of carbonyl (C=O) groups excluding carboxylic acids is 1. The molecule has 0 saturated heterocycles. The van der Waals surface area contributed by atoms with Crippen LogP contribution in [-0.2, 0) is 4.79 Å². The second-order valence-electron chi connectivity index (χ2n) is 7.14. The molecule has 0 spiro atoms. The number of rotatable bonds is 6. The van der Waals surface area contributed by atoms with Crippen LogP contribution in [0.3, 0.4) is 0 Å². The fourth-order valence-electron chi connectivity index (χ4n) is 3.16.